The number of urea groups is 1. The number of carbonyl (C=O) groups is 3. The molecule has 2 aromatic carbocycles. The number of hydrogen-bond acceptors (Lipinski definition) is 7. The lowest BCUT2D eigenvalue weighted by molar-refractivity contribution is -0.118. The number of carbonyl (C=O) groups excluding carboxylic acids is 3. The zero-order valence-electron chi connectivity index (χ0n) is 20.4. The minimum absolute atomic E-state index is 0.101. The molecule has 0 saturated carbocycles. The number of ether oxygens (including phenoxy) is 1. The van der Waals surface area contributed by atoms with Crippen molar-refractivity contribution in [2.45, 2.75) is 29.3 Å². The average Bonchev–Trinajstić information content (AvgIpc) is 3.21. The van der Waals surface area contributed by atoms with Crippen LogP contribution in [0.15, 0.2) is 71.8 Å². The third-order valence-electron chi connectivity index (χ3n) is 6.08. The molecule has 3 aromatic rings. The standard InChI is InChI=1S/C25H21F3N4O6S/c1-14(16-11-12-29-20(13-16)30-22(33)15-3-7-18(38-2)8-4-15)21-23(34)32(24(35)31-21)17-5-9-19(10-6-17)39(36,37)25(26,27)28/h3-14,21H,1-2H3,(H,31,35)(H,29,30,33). The molecule has 1 fully saturated rings. The van der Waals surface area contributed by atoms with Crippen LogP contribution >= 0.6 is 0 Å². The molecule has 2 atom stereocenters. The van der Waals surface area contributed by atoms with E-state index >= 15 is 0 Å². The van der Waals surface area contributed by atoms with Gasteiger partial charge in [-0.25, -0.2) is 23.1 Å². The monoisotopic (exact) mass is 562 g/mol. The van der Waals surface area contributed by atoms with Gasteiger partial charge in [0.1, 0.15) is 17.6 Å². The van der Waals surface area contributed by atoms with Crippen molar-refractivity contribution in [2.75, 3.05) is 17.3 Å². The largest absolute Gasteiger partial charge is 0.501 e. The van der Waals surface area contributed by atoms with Crippen LogP contribution in [-0.4, -0.2) is 49.9 Å². The second kappa shape index (κ2) is 10.4. The molecule has 39 heavy (non-hydrogen) atoms. The predicted octanol–water partition coefficient (Wildman–Crippen LogP) is 3.86. The van der Waals surface area contributed by atoms with Gasteiger partial charge in [-0.15, -0.1) is 0 Å². The normalized spacial score (nSPS) is 16.5. The molecule has 0 spiro atoms. The summed E-state index contributed by atoms with van der Waals surface area (Å²) in [6.07, 6.45) is 1.42. The molecule has 2 N–H and O–H groups in total. The van der Waals surface area contributed by atoms with Gasteiger partial charge in [0.2, 0.25) is 0 Å². The summed E-state index contributed by atoms with van der Waals surface area (Å²) >= 11 is 0. The molecule has 4 rings (SSSR count). The Hall–Kier alpha value is -4.46. The zero-order chi connectivity index (χ0) is 28.5. The lowest BCUT2D eigenvalue weighted by Crippen LogP contribution is -2.35. The van der Waals surface area contributed by atoms with Gasteiger partial charge in [-0.3, -0.25) is 9.59 Å². The predicted molar refractivity (Wildman–Crippen MR) is 133 cm³/mol. The molecule has 2 heterocycles. The van der Waals surface area contributed by atoms with E-state index in [4.69, 9.17) is 4.74 Å². The van der Waals surface area contributed by atoms with E-state index < -0.39 is 50.0 Å². The smallest absolute Gasteiger partial charge is 0.497 e. The average molecular weight is 563 g/mol. The SMILES string of the molecule is COc1ccc(C(=O)Nc2cc(C(C)C3NC(=O)N(c4ccc(S(=O)(=O)C(F)(F)F)cc4)C3=O)ccn2)cc1. The third kappa shape index (κ3) is 5.41. The van der Waals surface area contributed by atoms with Crippen molar-refractivity contribution >= 4 is 39.2 Å². The molecule has 204 valence electrons. The number of anilines is 2. The number of benzene rings is 2. The Balaban J connectivity index is 1.50. The highest BCUT2D eigenvalue weighted by Gasteiger charge is 2.47. The number of amides is 4. The lowest BCUT2D eigenvalue weighted by atomic mass is 9.94. The molecule has 4 amide bonds. The van der Waals surface area contributed by atoms with E-state index in [2.05, 4.69) is 15.6 Å². The number of halogens is 3. The van der Waals surface area contributed by atoms with Crippen LogP contribution in [0.1, 0.15) is 28.8 Å². The highest BCUT2D eigenvalue weighted by molar-refractivity contribution is 7.92. The summed E-state index contributed by atoms with van der Waals surface area (Å²) in [7, 11) is -4.08. The number of rotatable bonds is 7. The van der Waals surface area contributed by atoms with Crippen LogP contribution in [0.4, 0.5) is 29.5 Å². The van der Waals surface area contributed by atoms with Crippen LogP contribution in [0.5, 0.6) is 5.75 Å². The Bertz CT molecular complexity index is 1530. The van der Waals surface area contributed by atoms with Crippen LogP contribution in [0, 0.1) is 0 Å². The van der Waals surface area contributed by atoms with Crippen molar-refractivity contribution in [3.8, 4) is 5.75 Å². The van der Waals surface area contributed by atoms with E-state index in [1.807, 2.05) is 0 Å². The maximum absolute atomic E-state index is 13.1. The number of alkyl halides is 3. The fourth-order valence-electron chi connectivity index (χ4n) is 3.91. The number of sulfone groups is 1. The number of aromatic nitrogens is 1. The highest BCUT2D eigenvalue weighted by Crippen LogP contribution is 2.33. The second-order valence-electron chi connectivity index (χ2n) is 8.49. The van der Waals surface area contributed by atoms with Crippen molar-refractivity contribution in [1.82, 2.24) is 10.3 Å². The molecule has 1 aromatic heterocycles. The van der Waals surface area contributed by atoms with Gasteiger partial charge >= 0.3 is 11.5 Å². The van der Waals surface area contributed by atoms with Crippen LogP contribution in [0.2, 0.25) is 0 Å². The van der Waals surface area contributed by atoms with Gasteiger partial charge in [0, 0.05) is 17.7 Å². The summed E-state index contributed by atoms with van der Waals surface area (Å²) in [5, 5.41) is 5.20. The number of imide groups is 1. The van der Waals surface area contributed by atoms with Gasteiger partial charge in [0.25, 0.3) is 21.7 Å². The number of methoxy groups -OCH3 is 1. The summed E-state index contributed by atoms with van der Waals surface area (Å²) in [6.45, 7) is 1.66. The van der Waals surface area contributed by atoms with Crippen molar-refractivity contribution in [1.29, 1.82) is 0 Å². The Morgan fingerprint density at radius 1 is 1.08 bits per heavy atom. The number of hydrogen-bond donors (Lipinski definition) is 2. The molecule has 0 radical (unpaired) electrons. The van der Waals surface area contributed by atoms with Crippen molar-refractivity contribution in [2.24, 2.45) is 0 Å². The minimum atomic E-state index is -5.58. The van der Waals surface area contributed by atoms with E-state index in [-0.39, 0.29) is 11.5 Å². The topological polar surface area (TPSA) is 135 Å². The number of nitrogens with one attached hydrogen (secondary N) is 2. The molecule has 1 aliphatic rings. The number of pyridine rings is 1. The summed E-state index contributed by atoms with van der Waals surface area (Å²) in [6, 6.07) is 10.9. The zero-order valence-corrected chi connectivity index (χ0v) is 21.2. The Morgan fingerprint density at radius 2 is 1.72 bits per heavy atom. The fourth-order valence-corrected chi connectivity index (χ4v) is 4.67. The van der Waals surface area contributed by atoms with E-state index in [1.165, 1.54) is 13.3 Å². The highest BCUT2D eigenvalue weighted by atomic mass is 32.2. The van der Waals surface area contributed by atoms with Crippen LogP contribution in [0.25, 0.3) is 0 Å². The van der Waals surface area contributed by atoms with Gasteiger partial charge in [-0.1, -0.05) is 6.92 Å². The van der Waals surface area contributed by atoms with Gasteiger partial charge in [0.15, 0.2) is 0 Å². The Labute approximate surface area is 220 Å². The van der Waals surface area contributed by atoms with Crippen molar-refractivity contribution in [3.05, 3.63) is 78.0 Å². The molecule has 0 aliphatic carbocycles. The summed E-state index contributed by atoms with van der Waals surface area (Å²) in [5.74, 6) is -0.937. The second-order valence-corrected chi connectivity index (χ2v) is 10.4. The molecular weight excluding hydrogens is 541 g/mol. The Morgan fingerprint density at radius 3 is 2.31 bits per heavy atom. The maximum atomic E-state index is 13.1. The molecular formula is C25H21F3N4O6S. The van der Waals surface area contributed by atoms with E-state index in [0.717, 1.165) is 17.0 Å². The lowest BCUT2D eigenvalue weighted by Gasteiger charge is -2.19. The van der Waals surface area contributed by atoms with Crippen LogP contribution < -0.4 is 20.3 Å². The van der Waals surface area contributed by atoms with Crippen molar-refractivity contribution < 1.29 is 40.7 Å². The quantitative estimate of drug-likeness (QED) is 0.418. The Kier molecular flexibility index (Phi) is 7.33. The molecule has 10 nitrogen and oxygen atoms in total. The molecule has 14 heteroatoms. The summed E-state index contributed by atoms with van der Waals surface area (Å²) in [5.41, 5.74) is -4.68. The first kappa shape index (κ1) is 27.6. The van der Waals surface area contributed by atoms with E-state index in [0.29, 0.717) is 29.0 Å². The first-order chi connectivity index (χ1) is 18.3. The van der Waals surface area contributed by atoms with Gasteiger partial charge in [-0.2, -0.15) is 13.2 Å². The minimum Gasteiger partial charge on any atom is -0.497 e. The number of nitrogens with zero attached hydrogens (tertiary/aromatic N) is 2. The maximum Gasteiger partial charge on any atom is 0.501 e. The molecule has 0 bridgehead atoms. The van der Waals surface area contributed by atoms with Gasteiger partial charge < -0.3 is 15.4 Å². The summed E-state index contributed by atoms with van der Waals surface area (Å²) in [4.78, 5) is 42.1. The third-order valence-corrected chi connectivity index (χ3v) is 7.58. The van der Waals surface area contributed by atoms with Gasteiger partial charge in [-0.05, 0) is 66.2 Å². The molecule has 1 saturated heterocycles. The fraction of sp³-hybridized carbons (Fsp3) is 0.200. The van der Waals surface area contributed by atoms with E-state index in [1.54, 1.807) is 43.3 Å². The first-order valence-electron chi connectivity index (χ1n) is 11.3. The van der Waals surface area contributed by atoms with Gasteiger partial charge in [0.05, 0.1) is 17.7 Å². The van der Waals surface area contributed by atoms with Crippen LogP contribution in [-0.2, 0) is 14.6 Å². The van der Waals surface area contributed by atoms with Crippen LogP contribution in [0.3, 0.4) is 0 Å². The summed E-state index contributed by atoms with van der Waals surface area (Å²) < 4.78 is 66.7. The molecule has 2 unspecified atom stereocenters. The molecule has 1 aliphatic heterocycles. The first-order valence-corrected chi connectivity index (χ1v) is 12.8. The van der Waals surface area contributed by atoms with Crippen molar-refractivity contribution in [3.63, 3.8) is 0 Å². The van der Waals surface area contributed by atoms with E-state index in [9.17, 15) is 36.0 Å².